The summed E-state index contributed by atoms with van der Waals surface area (Å²) in [5.41, 5.74) is 1.65. The third kappa shape index (κ3) is 6.38. The van der Waals surface area contributed by atoms with Crippen LogP contribution < -0.4 is 25.4 Å². The molecule has 176 valence electrons. The van der Waals surface area contributed by atoms with Crippen molar-refractivity contribution in [2.24, 2.45) is 0 Å². The molecule has 0 fully saturated rings. The van der Waals surface area contributed by atoms with E-state index in [-0.39, 0.29) is 11.0 Å². The fourth-order valence-corrected chi connectivity index (χ4v) is 3.63. The van der Waals surface area contributed by atoms with Gasteiger partial charge in [-0.3, -0.25) is 14.9 Å². The summed E-state index contributed by atoms with van der Waals surface area (Å²) in [7, 11) is 1.47. The van der Waals surface area contributed by atoms with Crippen LogP contribution in [-0.4, -0.2) is 30.6 Å². The number of benzene rings is 3. The van der Waals surface area contributed by atoms with Crippen LogP contribution in [0.3, 0.4) is 0 Å². The smallest absolute Gasteiger partial charge is 0.257 e. The number of nitrogens with one attached hydrogen (secondary N) is 3. The van der Waals surface area contributed by atoms with Crippen molar-refractivity contribution in [1.82, 2.24) is 5.32 Å². The highest BCUT2D eigenvalue weighted by Crippen LogP contribution is 2.29. The monoisotopic (exact) mass is 517 g/mol. The molecule has 0 aliphatic rings. The van der Waals surface area contributed by atoms with E-state index in [2.05, 4.69) is 16.0 Å². The van der Waals surface area contributed by atoms with Crippen LogP contribution in [-0.2, 0) is 0 Å². The Balaban J connectivity index is 1.66. The summed E-state index contributed by atoms with van der Waals surface area (Å²) in [6, 6.07) is 16.4. The van der Waals surface area contributed by atoms with Gasteiger partial charge in [-0.25, -0.2) is 0 Å². The standard InChI is InChI=1S/C24H21Cl2N3O4S/c1-3-33-20-11-8-14(12-18(20)26)22(30)29-24(34)27-15-9-10-19(21(13-15)32-2)28-23(31)16-6-4-5-7-17(16)25/h4-13H,3H2,1-2H3,(H,28,31)(H2,27,29,30,34). The van der Waals surface area contributed by atoms with E-state index in [1.54, 1.807) is 54.6 Å². The molecule has 0 saturated carbocycles. The predicted octanol–water partition coefficient (Wildman–Crippen LogP) is 5.78. The number of amides is 2. The van der Waals surface area contributed by atoms with E-state index in [1.165, 1.54) is 13.2 Å². The van der Waals surface area contributed by atoms with Crippen LogP contribution in [0.2, 0.25) is 10.0 Å². The predicted molar refractivity (Wildman–Crippen MR) is 139 cm³/mol. The van der Waals surface area contributed by atoms with E-state index in [0.717, 1.165) is 0 Å². The van der Waals surface area contributed by atoms with Gasteiger partial charge >= 0.3 is 0 Å². The Morgan fingerprint density at radius 2 is 1.68 bits per heavy atom. The van der Waals surface area contributed by atoms with Crippen LogP contribution in [0.15, 0.2) is 60.7 Å². The maximum atomic E-state index is 12.6. The summed E-state index contributed by atoms with van der Waals surface area (Å²) < 4.78 is 10.8. The van der Waals surface area contributed by atoms with Crippen LogP contribution in [0.25, 0.3) is 0 Å². The van der Waals surface area contributed by atoms with Crippen LogP contribution in [0.4, 0.5) is 11.4 Å². The minimum absolute atomic E-state index is 0.0740. The summed E-state index contributed by atoms with van der Waals surface area (Å²) in [5.74, 6) is 0.0764. The molecule has 10 heteroatoms. The summed E-state index contributed by atoms with van der Waals surface area (Å²) in [4.78, 5) is 25.1. The molecular formula is C24H21Cl2N3O4S. The highest BCUT2D eigenvalue weighted by molar-refractivity contribution is 7.80. The highest BCUT2D eigenvalue weighted by atomic mass is 35.5. The van der Waals surface area contributed by atoms with Crippen molar-refractivity contribution in [3.05, 3.63) is 81.8 Å². The van der Waals surface area contributed by atoms with Crippen molar-refractivity contribution in [2.45, 2.75) is 6.92 Å². The number of hydrogen-bond donors (Lipinski definition) is 3. The first-order valence-electron chi connectivity index (χ1n) is 10.1. The Hall–Kier alpha value is -3.33. The zero-order valence-electron chi connectivity index (χ0n) is 18.3. The molecule has 7 nitrogen and oxygen atoms in total. The Morgan fingerprint density at radius 3 is 2.35 bits per heavy atom. The Bertz CT molecular complexity index is 1240. The molecule has 0 spiro atoms. The van der Waals surface area contributed by atoms with Crippen molar-refractivity contribution in [1.29, 1.82) is 0 Å². The van der Waals surface area contributed by atoms with Gasteiger partial charge in [0.25, 0.3) is 11.8 Å². The van der Waals surface area contributed by atoms with Gasteiger partial charge in [-0.15, -0.1) is 0 Å². The molecule has 0 aliphatic heterocycles. The Morgan fingerprint density at radius 1 is 0.912 bits per heavy atom. The normalized spacial score (nSPS) is 10.2. The van der Waals surface area contributed by atoms with E-state index in [4.69, 9.17) is 44.9 Å². The van der Waals surface area contributed by atoms with Gasteiger partial charge in [0.2, 0.25) is 0 Å². The van der Waals surface area contributed by atoms with E-state index >= 15 is 0 Å². The molecule has 2 amide bonds. The molecule has 0 atom stereocenters. The minimum Gasteiger partial charge on any atom is -0.494 e. The number of halogens is 2. The SMILES string of the molecule is CCOc1ccc(C(=O)NC(=S)Nc2ccc(NC(=O)c3ccccc3Cl)c(OC)c2)cc1Cl. The average Bonchev–Trinajstić information content (AvgIpc) is 2.81. The molecule has 3 aromatic carbocycles. The van der Waals surface area contributed by atoms with Crippen molar-refractivity contribution in [3.63, 3.8) is 0 Å². The molecule has 0 unspecified atom stereocenters. The minimum atomic E-state index is -0.432. The number of anilines is 2. The van der Waals surface area contributed by atoms with Crippen molar-refractivity contribution in [3.8, 4) is 11.5 Å². The number of ether oxygens (including phenoxy) is 2. The fourth-order valence-electron chi connectivity index (χ4n) is 2.96. The third-order valence-corrected chi connectivity index (χ3v) is 5.38. The molecule has 34 heavy (non-hydrogen) atoms. The van der Waals surface area contributed by atoms with E-state index < -0.39 is 5.91 Å². The molecule has 3 aromatic rings. The second-order valence-corrected chi connectivity index (χ2v) is 8.06. The van der Waals surface area contributed by atoms with Gasteiger partial charge in [0.1, 0.15) is 11.5 Å². The van der Waals surface area contributed by atoms with Gasteiger partial charge < -0.3 is 20.1 Å². The maximum Gasteiger partial charge on any atom is 0.257 e. The second kappa shape index (κ2) is 11.7. The number of thiocarbonyl (C=S) groups is 1. The molecule has 0 aliphatic carbocycles. The lowest BCUT2D eigenvalue weighted by Crippen LogP contribution is -2.34. The molecule has 0 heterocycles. The Kier molecular flexibility index (Phi) is 8.70. The van der Waals surface area contributed by atoms with Crippen molar-refractivity contribution >= 4 is 63.7 Å². The van der Waals surface area contributed by atoms with Crippen LogP contribution >= 0.6 is 35.4 Å². The van der Waals surface area contributed by atoms with E-state index in [9.17, 15) is 9.59 Å². The number of hydrogen-bond acceptors (Lipinski definition) is 5. The van der Waals surface area contributed by atoms with Crippen molar-refractivity contribution in [2.75, 3.05) is 24.4 Å². The molecule has 0 saturated heterocycles. The molecule has 0 radical (unpaired) electrons. The van der Waals surface area contributed by atoms with Gasteiger partial charge in [0.15, 0.2) is 5.11 Å². The molecule has 0 aromatic heterocycles. The van der Waals surface area contributed by atoms with Gasteiger partial charge in [-0.1, -0.05) is 35.3 Å². The van der Waals surface area contributed by atoms with Gasteiger partial charge in [-0.05, 0) is 61.6 Å². The van der Waals surface area contributed by atoms with E-state index in [1.807, 2.05) is 6.92 Å². The second-order valence-electron chi connectivity index (χ2n) is 6.84. The third-order valence-electron chi connectivity index (χ3n) is 4.55. The lowest BCUT2D eigenvalue weighted by atomic mass is 10.2. The van der Waals surface area contributed by atoms with Crippen molar-refractivity contribution < 1.29 is 19.1 Å². The highest BCUT2D eigenvalue weighted by Gasteiger charge is 2.14. The molecular weight excluding hydrogens is 497 g/mol. The zero-order valence-corrected chi connectivity index (χ0v) is 20.6. The zero-order chi connectivity index (χ0) is 24.7. The summed E-state index contributed by atoms with van der Waals surface area (Å²) in [6.07, 6.45) is 0. The first-order valence-corrected chi connectivity index (χ1v) is 11.3. The molecule has 3 N–H and O–H groups in total. The lowest BCUT2D eigenvalue weighted by molar-refractivity contribution is 0.0976. The van der Waals surface area contributed by atoms with Gasteiger partial charge in [0, 0.05) is 17.3 Å². The largest absolute Gasteiger partial charge is 0.494 e. The number of rotatable bonds is 7. The average molecular weight is 518 g/mol. The summed E-state index contributed by atoms with van der Waals surface area (Å²) in [6.45, 7) is 2.31. The maximum absolute atomic E-state index is 12.6. The fraction of sp³-hybridized carbons (Fsp3) is 0.125. The topological polar surface area (TPSA) is 88.7 Å². The molecule has 0 bridgehead atoms. The Labute approximate surface area is 212 Å². The lowest BCUT2D eigenvalue weighted by Gasteiger charge is -2.14. The first-order chi connectivity index (χ1) is 16.3. The quantitative estimate of drug-likeness (QED) is 0.344. The summed E-state index contributed by atoms with van der Waals surface area (Å²) >= 11 is 17.5. The van der Waals surface area contributed by atoms with Crippen LogP contribution in [0, 0.1) is 0 Å². The number of methoxy groups -OCH3 is 1. The number of carbonyl (C=O) groups is 2. The van der Waals surface area contributed by atoms with Gasteiger partial charge in [-0.2, -0.15) is 0 Å². The van der Waals surface area contributed by atoms with E-state index in [0.29, 0.717) is 50.7 Å². The van der Waals surface area contributed by atoms with Crippen LogP contribution in [0.5, 0.6) is 11.5 Å². The number of carbonyl (C=O) groups excluding carboxylic acids is 2. The first kappa shape index (κ1) is 25.3. The molecule has 3 rings (SSSR count). The van der Waals surface area contributed by atoms with Crippen LogP contribution in [0.1, 0.15) is 27.6 Å². The van der Waals surface area contributed by atoms with Gasteiger partial charge in [0.05, 0.1) is 35.0 Å². The summed E-state index contributed by atoms with van der Waals surface area (Å²) in [5, 5.41) is 9.02.